The molecule has 0 amide bonds. The standard InChI is InChI=1S/C16H17ClIN/c1-10-9-15(17)11(2)8-14(10)16(19-3)12-4-6-13(18)7-5-12/h4-9,16,19H,1-3H3. The smallest absolute Gasteiger partial charge is 0.0577 e. The third-order valence-electron chi connectivity index (χ3n) is 3.35. The van der Waals surface area contributed by atoms with Crippen molar-refractivity contribution in [2.75, 3.05) is 7.05 Å². The summed E-state index contributed by atoms with van der Waals surface area (Å²) in [7, 11) is 1.99. The SMILES string of the molecule is CNC(c1ccc(I)cc1)c1cc(C)c(Cl)cc1C. The summed E-state index contributed by atoms with van der Waals surface area (Å²) < 4.78 is 1.25. The van der Waals surface area contributed by atoms with Gasteiger partial charge in [-0.3, -0.25) is 0 Å². The Morgan fingerprint density at radius 3 is 2.26 bits per heavy atom. The van der Waals surface area contributed by atoms with Gasteiger partial charge in [0.15, 0.2) is 0 Å². The Morgan fingerprint density at radius 2 is 1.68 bits per heavy atom. The summed E-state index contributed by atoms with van der Waals surface area (Å²) in [6, 6.07) is 13.0. The molecule has 0 heterocycles. The van der Waals surface area contributed by atoms with E-state index < -0.39 is 0 Å². The Balaban J connectivity index is 2.47. The van der Waals surface area contributed by atoms with Gasteiger partial charge in [-0.2, -0.15) is 0 Å². The average Bonchev–Trinajstić information content (AvgIpc) is 2.38. The molecule has 1 atom stereocenters. The topological polar surface area (TPSA) is 12.0 Å². The van der Waals surface area contributed by atoms with Crippen molar-refractivity contribution in [1.82, 2.24) is 5.32 Å². The van der Waals surface area contributed by atoms with E-state index in [1.165, 1.54) is 20.3 Å². The first-order chi connectivity index (χ1) is 9.02. The minimum Gasteiger partial charge on any atom is -0.309 e. The Hall–Kier alpha value is -0.580. The maximum Gasteiger partial charge on any atom is 0.0577 e. The van der Waals surface area contributed by atoms with E-state index in [-0.39, 0.29) is 6.04 Å². The first-order valence-corrected chi connectivity index (χ1v) is 7.68. The number of rotatable bonds is 3. The number of aryl methyl sites for hydroxylation is 2. The Kier molecular flexibility index (Phi) is 4.87. The summed E-state index contributed by atoms with van der Waals surface area (Å²) in [6.45, 7) is 4.16. The van der Waals surface area contributed by atoms with Crippen molar-refractivity contribution in [2.24, 2.45) is 0 Å². The van der Waals surface area contributed by atoms with E-state index in [9.17, 15) is 0 Å². The number of halogens is 2. The number of hydrogen-bond acceptors (Lipinski definition) is 1. The second kappa shape index (κ2) is 6.25. The van der Waals surface area contributed by atoms with E-state index >= 15 is 0 Å². The molecule has 0 bridgehead atoms. The molecule has 19 heavy (non-hydrogen) atoms. The summed E-state index contributed by atoms with van der Waals surface area (Å²) in [6.07, 6.45) is 0. The zero-order valence-corrected chi connectivity index (χ0v) is 14.2. The highest BCUT2D eigenvalue weighted by molar-refractivity contribution is 14.1. The van der Waals surface area contributed by atoms with Crippen LogP contribution in [-0.4, -0.2) is 7.05 Å². The molecule has 1 nitrogen and oxygen atoms in total. The second-order valence-electron chi connectivity index (χ2n) is 4.73. The lowest BCUT2D eigenvalue weighted by molar-refractivity contribution is 0.687. The van der Waals surface area contributed by atoms with Crippen LogP contribution in [0.25, 0.3) is 0 Å². The van der Waals surface area contributed by atoms with E-state index in [0.717, 1.165) is 10.6 Å². The highest BCUT2D eigenvalue weighted by atomic mass is 127. The molecule has 0 aliphatic carbocycles. The third kappa shape index (κ3) is 3.30. The van der Waals surface area contributed by atoms with Crippen LogP contribution >= 0.6 is 34.2 Å². The van der Waals surface area contributed by atoms with E-state index in [1.54, 1.807) is 0 Å². The molecule has 0 fully saturated rings. The normalized spacial score (nSPS) is 12.5. The van der Waals surface area contributed by atoms with Gasteiger partial charge in [-0.05, 0) is 83.9 Å². The quantitative estimate of drug-likeness (QED) is 0.743. The predicted molar refractivity (Wildman–Crippen MR) is 91.0 cm³/mol. The van der Waals surface area contributed by atoms with Crippen LogP contribution in [-0.2, 0) is 0 Å². The van der Waals surface area contributed by atoms with E-state index in [0.29, 0.717) is 0 Å². The van der Waals surface area contributed by atoms with Crippen molar-refractivity contribution in [2.45, 2.75) is 19.9 Å². The zero-order valence-electron chi connectivity index (χ0n) is 11.3. The van der Waals surface area contributed by atoms with Crippen LogP contribution in [0.4, 0.5) is 0 Å². The summed E-state index contributed by atoms with van der Waals surface area (Å²) in [5.41, 5.74) is 4.89. The highest BCUT2D eigenvalue weighted by Gasteiger charge is 2.15. The van der Waals surface area contributed by atoms with Crippen molar-refractivity contribution >= 4 is 34.2 Å². The molecule has 2 aromatic rings. The van der Waals surface area contributed by atoms with E-state index in [1.807, 2.05) is 20.0 Å². The van der Waals surface area contributed by atoms with Gasteiger partial charge in [0.05, 0.1) is 6.04 Å². The minimum absolute atomic E-state index is 0.202. The van der Waals surface area contributed by atoms with Crippen LogP contribution in [0, 0.1) is 17.4 Å². The van der Waals surface area contributed by atoms with Crippen LogP contribution in [0.3, 0.4) is 0 Å². The van der Waals surface area contributed by atoms with Crippen molar-refractivity contribution < 1.29 is 0 Å². The van der Waals surface area contributed by atoms with Crippen molar-refractivity contribution in [1.29, 1.82) is 0 Å². The molecular formula is C16H17ClIN. The summed E-state index contributed by atoms with van der Waals surface area (Å²) in [5, 5.41) is 4.23. The molecule has 2 aromatic carbocycles. The van der Waals surface area contributed by atoms with Crippen LogP contribution < -0.4 is 5.32 Å². The van der Waals surface area contributed by atoms with E-state index in [4.69, 9.17) is 11.6 Å². The minimum atomic E-state index is 0.202. The number of hydrogen-bond donors (Lipinski definition) is 1. The molecule has 0 spiro atoms. The Labute approximate surface area is 133 Å². The van der Waals surface area contributed by atoms with Gasteiger partial charge in [-0.25, -0.2) is 0 Å². The number of nitrogens with one attached hydrogen (secondary N) is 1. The molecule has 100 valence electrons. The zero-order chi connectivity index (χ0) is 14.0. The first-order valence-electron chi connectivity index (χ1n) is 6.22. The Bertz CT molecular complexity index is 578. The molecule has 0 aliphatic heterocycles. The van der Waals surface area contributed by atoms with Crippen LogP contribution in [0.1, 0.15) is 28.3 Å². The van der Waals surface area contributed by atoms with E-state index in [2.05, 4.69) is 65.2 Å². The maximum absolute atomic E-state index is 6.18. The summed E-state index contributed by atoms with van der Waals surface area (Å²) in [5.74, 6) is 0. The van der Waals surface area contributed by atoms with Gasteiger partial charge >= 0.3 is 0 Å². The van der Waals surface area contributed by atoms with Gasteiger partial charge in [0.2, 0.25) is 0 Å². The highest BCUT2D eigenvalue weighted by Crippen LogP contribution is 2.29. The van der Waals surface area contributed by atoms with Crippen molar-refractivity contribution in [3.8, 4) is 0 Å². The van der Waals surface area contributed by atoms with Gasteiger partial charge < -0.3 is 5.32 Å². The molecule has 1 N–H and O–H groups in total. The molecule has 0 aliphatic rings. The average molecular weight is 386 g/mol. The maximum atomic E-state index is 6.18. The Morgan fingerprint density at radius 1 is 1.05 bits per heavy atom. The molecule has 1 unspecified atom stereocenters. The first kappa shape index (κ1) is 14.8. The lowest BCUT2D eigenvalue weighted by Crippen LogP contribution is -2.18. The van der Waals surface area contributed by atoms with Gasteiger partial charge in [-0.15, -0.1) is 0 Å². The van der Waals surface area contributed by atoms with Crippen LogP contribution in [0.15, 0.2) is 36.4 Å². The number of benzene rings is 2. The molecule has 0 saturated carbocycles. The lowest BCUT2D eigenvalue weighted by Gasteiger charge is -2.20. The molecule has 0 radical (unpaired) electrons. The van der Waals surface area contributed by atoms with Gasteiger partial charge in [0.1, 0.15) is 0 Å². The molecule has 0 aromatic heterocycles. The van der Waals surface area contributed by atoms with Gasteiger partial charge in [0, 0.05) is 8.59 Å². The fraction of sp³-hybridized carbons (Fsp3) is 0.250. The second-order valence-corrected chi connectivity index (χ2v) is 6.38. The van der Waals surface area contributed by atoms with Crippen LogP contribution in [0.2, 0.25) is 5.02 Å². The largest absolute Gasteiger partial charge is 0.309 e. The molecule has 2 rings (SSSR count). The lowest BCUT2D eigenvalue weighted by atomic mass is 9.94. The summed E-state index contributed by atoms with van der Waals surface area (Å²) in [4.78, 5) is 0. The predicted octanol–water partition coefficient (Wildman–Crippen LogP) is 4.87. The molecule has 3 heteroatoms. The van der Waals surface area contributed by atoms with Crippen molar-refractivity contribution in [3.05, 3.63) is 67.2 Å². The van der Waals surface area contributed by atoms with Gasteiger partial charge in [-0.1, -0.05) is 29.8 Å². The van der Waals surface area contributed by atoms with Crippen LogP contribution in [0.5, 0.6) is 0 Å². The summed E-state index contributed by atoms with van der Waals surface area (Å²) >= 11 is 8.50. The third-order valence-corrected chi connectivity index (χ3v) is 4.48. The fourth-order valence-electron chi connectivity index (χ4n) is 2.27. The van der Waals surface area contributed by atoms with Gasteiger partial charge in [0.25, 0.3) is 0 Å². The van der Waals surface area contributed by atoms with Crippen molar-refractivity contribution in [3.63, 3.8) is 0 Å². The monoisotopic (exact) mass is 385 g/mol. The molecular weight excluding hydrogens is 369 g/mol. The molecule has 0 saturated heterocycles. The fourth-order valence-corrected chi connectivity index (χ4v) is 2.85.